The molecular formula is C24H32FN3O3S. The molecule has 32 heavy (non-hydrogen) atoms. The standard InChI is InChI=1S/C24H32FN3O3S/c1-18-12-14-27(15-13-18)22-10-8-20(9-11-22)19(2)26-24(29)17-28(32(3,30)31)16-21-6-4-5-7-23(21)25/h4-11,18-19H,12-17H2,1-3H3,(H,26,29)/t19-/m1/s1. The van der Waals surface area contributed by atoms with Gasteiger partial charge in [-0.3, -0.25) is 4.79 Å². The smallest absolute Gasteiger partial charge is 0.235 e. The third-order valence-corrected chi connectivity index (χ3v) is 7.21. The highest BCUT2D eigenvalue weighted by molar-refractivity contribution is 7.88. The molecule has 1 saturated heterocycles. The lowest BCUT2D eigenvalue weighted by Gasteiger charge is -2.32. The molecule has 0 aromatic heterocycles. The lowest BCUT2D eigenvalue weighted by Crippen LogP contribution is -2.40. The van der Waals surface area contributed by atoms with Gasteiger partial charge in [-0.2, -0.15) is 4.31 Å². The fraction of sp³-hybridized carbons (Fsp3) is 0.458. The number of sulfonamides is 1. The Kier molecular flexibility index (Phi) is 7.90. The van der Waals surface area contributed by atoms with Gasteiger partial charge >= 0.3 is 0 Å². The van der Waals surface area contributed by atoms with E-state index in [1.54, 1.807) is 6.07 Å². The van der Waals surface area contributed by atoms with Crippen molar-refractivity contribution in [3.63, 3.8) is 0 Å². The second-order valence-corrected chi connectivity index (χ2v) is 10.7. The van der Waals surface area contributed by atoms with Gasteiger partial charge in [-0.25, -0.2) is 12.8 Å². The molecule has 0 spiro atoms. The van der Waals surface area contributed by atoms with E-state index in [1.807, 2.05) is 19.1 Å². The largest absolute Gasteiger partial charge is 0.372 e. The van der Waals surface area contributed by atoms with Gasteiger partial charge in [0.05, 0.1) is 18.8 Å². The third kappa shape index (κ3) is 6.53. The highest BCUT2D eigenvalue weighted by Crippen LogP contribution is 2.24. The van der Waals surface area contributed by atoms with Crippen LogP contribution in [-0.2, 0) is 21.4 Å². The molecule has 0 bridgehead atoms. The number of benzene rings is 2. The van der Waals surface area contributed by atoms with Gasteiger partial charge in [-0.1, -0.05) is 37.3 Å². The number of piperidine rings is 1. The van der Waals surface area contributed by atoms with E-state index in [4.69, 9.17) is 0 Å². The van der Waals surface area contributed by atoms with Crippen LogP contribution in [0.2, 0.25) is 0 Å². The molecular weight excluding hydrogens is 429 g/mol. The van der Waals surface area contributed by atoms with Gasteiger partial charge in [0.2, 0.25) is 15.9 Å². The van der Waals surface area contributed by atoms with Crippen LogP contribution in [-0.4, -0.2) is 44.5 Å². The molecule has 1 fully saturated rings. The van der Waals surface area contributed by atoms with Gasteiger partial charge in [0.25, 0.3) is 0 Å². The van der Waals surface area contributed by atoms with Crippen molar-refractivity contribution in [3.05, 3.63) is 65.5 Å². The number of amides is 1. The van der Waals surface area contributed by atoms with E-state index in [0.29, 0.717) is 0 Å². The number of nitrogens with zero attached hydrogens (tertiary/aromatic N) is 2. The first-order chi connectivity index (χ1) is 15.1. The molecule has 2 aromatic rings. The van der Waals surface area contributed by atoms with Crippen molar-refractivity contribution in [2.75, 3.05) is 30.8 Å². The quantitative estimate of drug-likeness (QED) is 0.651. The molecule has 3 rings (SSSR count). The highest BCUT2D eigenvalue weighted by atomic mass is 32.2. The summed E-state index contributed by atoms with van der Waals surface area (Å²) in [4.78, 5) is 15.0. The molecule has 1 atom stereocenters. The van der Waals surface area contributed by atoms with Crippen molar-refractivity contribution >= 4 is 21.6 Å². The fourth-order valence-corrected chi connectivity index (χ4v) is 4.60. The minimum atomic E-state index is -3.70. The minimum absolute atomic E-state index is 0.198. The Hall–Kier alpha value is -2.45. The minimum Gasteiger partial charge on any atom is -0.372 e. The van der Waals surface area contributed by atoms with Gasteiger partial charge < -0.3 is 10.2 Å². The molecule has 1 aliphatic heterocycles. The molecule has 2 aromatic carbocycles. The Balaban J connectivity index is 1.60. The number of nitrogens with one attached hydrogen (secondary N) is 1. The summed E-state index contributed by atoms with van der Waals surface area (Å²) in [6, 6.07) is 13.8. The maximum Gasteiger partial charge on any atom is 0.235 e. The monoisotopic (exact) mass is 461 g/mol. The number of carbonyl (C=O) groups excluding carboxylic acids is 1. The normalized spacial score (nSPS) is 16.2. The van der Waals surface area contributed by atoms with E-state index >= 15 is 0 Å². The van der Waals surface area contributed by atoms with Crippen LogP contribution in [0.5, 0.6) is 0 Å². The Labute approximate surface area is 190 Å². The maximum atomic E-state index is 14.0. The summed E-state index contributed by atoms with van der Waals surface area (Å²) in [7, 11) is -3.70. The lowest BCUT2D eigenvalue weighted by molar-refractivity contribution is -0.122. The maximum absolute atomic E-state index is 14.0. The number of hydrogen-bond acceptors (Lipinski definition) is 4. The van der Waals surface area contributed by atoms with E-state index in [2.05, 4.69) is 29.3 Å². The van der Waals surface area contributed by atoms with Crippen LogP contribution < -0.4 is 10.2 Å². The Morgan fingerprint density at radius 3 is 2.38 bits per heavy atom. The van der Waals surface area contributed by atoms with E-state index in [-0.39, 0.29) is 24.7 Å². The van der Waals surface area contributed by atoms with Crippen LogP contribution >= 0.6 is 0 Å². The Morgan fingerprint density at radius 1 is 1.16 bits per heavy atom. The zero-order chi connectivity index (χ0) is 23.3. The SMILES string of the molecule is CC1CCN(c2ccc([C@@H](C)NC(=O)CN(Cc3ccccc3F)S(C)(=O)=O)cc2)CC1. The fourth-order valence-electron chi connectivity index (χ4n) is 3.88. The number of anilines is 1. The molecule has 0 radical (unpaired) electrons. The van der Waals surface area contributed by atoms with Crippen LogP contribution in [0.3, 0.4) is 0 Å². The molecule has 0 unspecified atom stereocenters. The molecule has 6 nitrogen and oxygen atoms in total. The number of halogens is 1. The average molecular weight is 462 g/mol. The van der Waals surface area contributed by atoms with E-state index in [1.165, 1.54) is 36.7 Å². The van der Waals surface area contributed by atoms with Crippen molar-refractivity contribution in [3.8, 4) is 0 Å². The zero-order valence-corrected chi connectivity index (χ0v) is 19.7. The second-order valence-electron chi connectivity index (χ2n) is 8.67. The first kappa shape index (κ1) is 24.2. The van der Waals surface area contributed by atoms with Crippen molar-refractivity contribution in [2.45, 2.75) is 39.3 Å². The van der Waals surface area contributed by atoms with Crippen molar-refractivity contribution < 1.29 is 17.6 Å². The van der Waals surface area contributed by atoms with E-state index in [9.17, 15) is 17.6 Å². The molecule has 0 saturated carbocycles. The first-order valence-electron chi connectivity index (χ1n) is 11.0. The number of hydrogen-bond donors (Lipinski definition) is 1. The van der Waals surface area contributed by atoms with Crippen LogP contribution in [0.1, 0.15) is 43.9 Å². The topological polar surface area (TPSA) is 69.7 Å². The third-order valence-electron chi connectivity index (χ3n) is 6.01. The molecule has 1 aliphatic rings. The van der Waals surface area contributed by atoms with Gasteiger partial charge in [-0.05, 0) is 49.4 Å². The van der Waals surface area contributed by atoms with Crippen LogP contribution in [0.15, 0.2) is 48.5 Å². The van der Waals surface area contributed by atoms with Crippen LogP contribution in [0.4, 0.5) is 10.1 Å². The van der Waals surface area contributed by atoms with E-state index < -0.39 is 21.7 Å². The summed E-state index contributed by atoms with van der Waals surface area (Å²) in [5.74, 6) is -0.169. The lowest BCUT2D eigenvalue weighted by atomic mass is 9.98. The van der Waals surface area contributed by atoms with Crippen LogP contribution in [0, 0.1) is 11.7 Å². The summed E-state index contributed by atoms with van der Waals surface area (Å²) in [5, 5.41) is 2.85. The predicted molar refractivity (Wildman–Crippen MR) is 125 cm³/mol. The molecule has 174 valence electrons. The predicted octanol–water partition coefficient (Wildman–Crippen LogP) is 3.70. The molecule has 8 heteroatoms. The molecule has 1 N–H and O–H groups in total. The second kappa shape index (κ2) is 10.4. The summed E-state index contributed by atoms with van der Waals surface area (Å²) in [5.41, 5.74) is 2.33. The average Bonchev–Trinajstić information content (AvgIpc) is 2.74. The Morgan fingerprint density at radius 2 is 1.78 bits per heavy atom. The zero-order valence-electron chi connectivity index (χ0n) is 18.9. The van der Waals surface area contributed by atoms with Gasteiger partial charge in [0.1, 0.15) is 5.82 Å². The van der Waals surface area contributed by atoms with Gasteiger partial charge in [-0.15, -0.1) is 0 Å². The molecule has 1 heterocycles. The van der Waals surface area contributed by atoms with Crippen LogP contribution in [0.25, 0.3) is 0 Å². The highest BCUT2D eigenvalue weighted by Gasteiger charge is 2.23. The van der Waals surface area contributed by atoms with Crippen molar-refractivity contribution in [1.82, 2.24) is 9.62 Å². The molecule has 0 aliphatic carbocycles. The number of rotatable bonds is 8. The van der Waals surface area contributed by atoms with Crippen molar-refractivity contribution in [1.29, 1.82) is 0 Å². The summed E-state index contributed by atoms with van der Waals surface area (Å²) < 4.78 is 39.3. The van der Waals surface area contributed by atoms with Crippen molar-refractivity contribution in [2.24, 2.45) is 5.92 Å². The summed E-state index contributed by atoms with van der Waals surface area (Å²) >= 11 is 0. The first-order valence-corrected chi connectivity index (χ1v) is 12.8. The van der Waals surface area contributed by atoms with Gasteiger partial charge in [0, 0.05) is 30.9 Å². The van der Waals surface area contributed by atoms with Gasteiger partial charge in [0.15, 0.2) is 0 Å². The van der Waals surface area contributed by atoms with E-state index in [0.717, 1.165) is 35.1 Å². The summed E-state index contributed by atoms with van der Waals surface area (Å²) in [6.07, 6.45) is 3.40. The summed E-state index contributed by atoms with van der Waals surface area (Å²) in [6.45, 7) is 5.67. The number of carbonyl (C=O) groups is 1. The Bertz CT molecular complexity index is 1020. The molecule has 1 amide bonds.